The van der Waals surface area contributed by atoms with Crippen molar-refractivity contribution in [2.45, 2.75) is 0 Å². The Morgan fingerprint density at radius 2 is 2.24 bits per heavy atom. The summed E-state index contributed by atoms with van der Waals surface area (Å²) in [5.74, 6) is 0.806. The highest BCUT2D eigenvalue weighted by Gasteiger charge is 2.22. The monoisotopic (exact) mass is 367 g/mol. The third-order valence-electron chi connectivity index (χ3n) is 2.98. The molecule has 108 valence electrons. The van der Waals surface area contributed by atoms with E-state index in [0.717, 1.165) is 0 Å². The number of methoxy groups -OCH3 is 1. The Balaban J connectivity index is 1.98. The second kappa shape index (κ2) is 5.50. The summed E-state index contributed by atoms with van der Waals surface area (Å²) >= 11 is 4.68. The molecule has 2 aromatic rings. The predicted molar refractivity (Wildman–Crippen MR) is 82.6 cm³/mol. The molecule has 1 N–H and O–H groups in total. The van der Waals surface area contributed by atoms with Crippen molar-refractivity contribution in [3.05, 3.63) is 38.5 Å². The normalized spacial score (nSPS) is 13.1. The molecule has 0 saturated heterocycles. The van der Waals surface area contributed by atoms with E-state index in [1.165, 1.54) is 11.3 Å². The molecule has 3 rings (SSSR count). The van der Waals surface area contributed by atoms with Crippen molar-refractivity contribution in [3.8, 4) is 11.5 Å². The summed E-state index contributed by atoms with van der Waals surface area (Å²) in [5.41, 5.74) is 1.04. The largest absolute Gasteiger partial charge is 0.496 e. The molecule has 1 aliphatic heterocycles. The van der Waals surface area contributed by atoms with Gasteiger partial charge in [0.05, 0.1) is 17.7 Å². The minimum atomic E-state index is -0.212. The standard InChI is InChI=1S/C14H10BrNO4S/c1-19-7-2-12(21-6-7)14(18)8-3-11-10(4-9(8)15)16-13(17)5-20-11/h2-4,6H,5H2,1H3,(H,16,17). The van der Waals surface area contributed by atoms with Gasteiger partial charge in [-0.15, -0.1) is 11.3 Å². The maximum absolute atomic E-state index is 12.5. The fourth-order valence-electron chi connectivity index (χ4n) is 1.95. The molecule has 7 heteroatoms. The molecule has 1 aliphatic rings. The molecule has 21 heavy (non-hydrogen) atoms. The summed E-state index contributed by atoms with van der Waals surface area (Å²) in [6.07, 6.45) is 0. The number of carbonyl (C=O) groups excluding carboxylic acids is 2. The third kappa shape index (κ3) is 2.66. The second-order valence-electron chi connectivity index (χ2n) is 4.34. The van der Waals surface area contributed by atoms with E-state index in [1.54, 1.807) is 30.7 Å². The molecule has 0 bridgehead atoms. The summed E-state index contributed by atoms with van der Waals surface area (Å²) < 4.78 is 11.0. The van der Waals surface area contributed by atoms with Crippen molar-refractivity contribution in [1.29, 1.82) is 0 Å². The lowest BCUT2D eigenvalue weighted by Crippen LogP contribution is -2.25. The smallest absolute Gasteiger partial charge is 0.262 e. The van der Waals surface area contributed by atoms with Crippen LogP contribution >= 0.6 is 27.3 Å². The van der Waals surface area contributed by atoms with E-state index >= 15 is 0 Å². The van der Waals surface area contributed by atoms with Gasteiger partial charge in [-0.25, -0.2) is 0 Å². The molecule has 0 aliphatic carbocycles. The van der Waals surface area contributed by atoms with Crippen LogP contribution in [0.25, 0.3) is 0 Å². The number of carbonyl (C=O) groups is 2. The van der Waals surface area contributed by atoms with Gasteiger partial charge in [0.15, 0.2) is 6.61 Å². The number of benzene rings is 1. The van der Waals surface area contributed by atoms with Crippen LogP contribution in [0, 0.1) is 0 Å². The SMILES string of the molecule is COc1csc(C(=O)c2cc3c(cc2Br)NC(=O)CO3)c1. The van der Waals surface area contributed by atoms with Crippen LogP contribution in [0.1, 0.15) is 15.2 Å². The maximum Gasteiger partial charge on any atom is 0.262 e. The Morgan fingerprint density at radius 1 is 1.43 bits per heavy atom. The zero-order chi connectivity index (χ0) is 15.0. The number of hydrogen-bond donors (Lipinski definition) is 1. The van der Waals surface area contributed by atoms with Crippen LogP contribution in [0.5, 0.6) is 11.5 Å². The first-order chi connectivity index (χ1) is 10.1. The number of amides is 1. The summed E-state index contributed by atoms with van der Waals surface area (Å²) in [6.45, 7) is -0.0465. The molecule has 1 amide bonds. The highest BCUT2D eigenvalue weighted by molar-refractivity contribution is 9.10. The summed E-state index contributed by atoms with van der Waals surface area (Å²) in [7, 11) is 1.56. The first-order valence-corrected chi connectivity index (χ1v) is 7.69. The first-order valence-electron chi connectivity index (χ1n) is 6.02. The molecule has 1 aromatic carbocycles. The fourth-order valence-corrected chi connectivity index (χ4v) is 3.28. The highest BCUT2D eigenvalue weighted by Crippen LogP contribution is 2.35. The van der Waals surface area contributed by atoms with Crippen molar-refractivity contribution < 1.29 is 19.1 Å². The number of anilines is 1. The van der Waals surface area contributed by atoms with E-state index < -0.39 is 0 Å². The van der Waals surface area contributed by atoms with Crippen LogP contribution in [0.2, 0.25) is 0 Å². The minimum absolute atomic E-state index is 0.0465. The fraction of sp³-hybridized carbons (Fsp3) is 0.143. The summed E-state index contributed by atoms with van der Waals surface area (Å²) in [5, 5.41) is 4.47. The second-order valence-corrected chi connectivity index (χ2v) is 6.11. The van der Waals surface area contributed by atoms with Crippen molar-refractivity contribution in [3.63, 3.8) is 0 Å². The Hall–Kier alpha value is -1.86. The van der Waals surface area contributed by atoms with E-state index in [9.17, 15) is 9.59 Å². The van der Waals surface area contributed by atoms with Gasteiger partial charge in [0, 0.05) is 21.5 Å². The van der Waals surface area contributed by atoms with Gasteiger partial charge in [-0.2, -0.15) is 0 Å². The van der Waals surface area contributed by atoms with Gasteiger partial charge < -0.3 is 14.8 Å². The molecule has 0 atom stereocenters. The molecular weight excluding hydrogens is 358 g/mol. The van der Waals surface area contributed by atoms with Gasteiger partial charge in [0.25, 0.3) is 5.91 Å². The Bertz CT molecular complexity index is 741. The maximum atomic E-state index is 12.5. The molecule has 2 heterocycles. The lowest BCUT2D eigenvalue weighted by atomic mass is 10.1. The average molecular weight is 368 g/mol. The number of thiophene rings is 1. The zero-order valence-corrected chi connectivity index (χ0v) is 13.3. The van der Waals surface area contributed by atoms with Gasteiger partial charge >= 0.3 is 0 Å². The number of hydrogen-bond acceptors (Lipinski definition) is 5. The van der Waals surface area contributed by atoms with Crippen LogP contribution in [0.4, 0.5) is 5.69 Å². The Kier molecular flexibility index (Phi) is 3.69. The molecule has 0 fully saturated rings. The first kappa shape index (κ1) is 14.1. The van der Waals surface area contributed by atoms with Gasteiger partial charge in [-0.3, -0.25) is 9.59 Å². The lowest BCUT2D eigenvalue weighted by Gasteiger charge is -2.19. The van der Waals surface area contributed by atoms with Crippen molar-refractivity contribution >= 4 is 44.6 Å². The van der Waals surface area contributed by atoms with E-state index in [-0.39, 0.29) is 18.3 Å². The lowest BCUT2D eigenvalue weighted by molar-refractivity contribution is -0.118. The molecule has 0 spiro atoms. The Morgan fingerprint density at radius 3 is 2.95 bits per heavy atom. The van der Waals surface area contributed by atoms with E-state index in [4.69, 9.17) is 9.47 Å². The molecule has 0 unspecified atom stereocenters. The quantitative estimate of drug-likeness (QED) is 0.846. The van der Waals surface area contributed by atoms with Crippen molar-refractivity contribution in [1.82, 2.24) is 0 Å². The third-order valence-corrected chi connectivity index (χ3v) is 4.55. The Labute approximate surface area is 133 Å². The van der Waals surface area contributed by atoms with Gasteiger partial charge in [0.2, 0.25) is 5.78 Å². The highest BCUT2D eigenvalue weighted by atomic mass is 79.9. The van der Waals surface area contributed by atoms with Crippen LogP contribution in [0.3, 0.4) is 0 Å². The minimum Gasteiger partial charge on any atom is -0.496 e. The van der Waals surface area contributed by atoms with Gasteiger partial charge in [-0.05, 0) is 28.1 Å². The molecule has 1 aromatic heterocycles. The zero-order valence-electron chi connectivity index (χ0n) is 10.9. The summed E-state index contributed by atoms with van der Waals surface area (Å²) in [6, 6.07) is 5.00. The number of ether oxygens (including phenoxy) is 2. The van der Waals surface area contributed by atoms with E-state index in [2.05, 4.69) is 21.2 Å². The van der Waals surface area contributed by atoms with Crippen molar-refractivity contribution in [2.24, 2.45) is 0 Å². The van der Waals surface area contributed by atoms with Crippen LogP contribution < -0.4 is 14.8 Å². The molecular formula is C14H10BrNO4S. The number of nitrogens with one attached hydrogen (secondary N) is 1. The van der Waals surface area contributed by atoms with Gasteiger partial charge in [0.1, 0.15) is 11.5 Å². The number of ketones is 1. The van der Waals surface area contributed by atoms with Gasteiger partial charge in [-0.1, -0.05) is 0 Å². The molecule has 5 nitrogen and oxygen atoms in total. The molecule has 0 radical (unpaired) electrons. The van der Waals surface area contributed by atoms with Crippen molar-refractivity contribution in [2.75, 3.05) is 19.0 Å². The van der Waals surface area contributed by atoms with E-state index in [0.29, 0.717) is 32.1 Å². The number of rotatable bonds is 3. The van der Waals surface area contributed by atoms with Crippen LogP contribution in [-0.4, -0.2) is 25.4 Å². The predicted octanol–water partition coefficient (Wildman–Crippen LogP) is 3.08. The van der Waals surface area contributed by atoms with Crippen LogP contribution in [0.15, 0.2) is 28.1 Å². The number of halogens is 1. The topological polar surface area (TPSA) is 64.6 Å². The molecule has 0 saturated carbocycles. The number of fused-ring (bicyclic) bond motifs is 1. The average Bonchev–Trinajstić information content (AvgIpc) is 2.94. The summed E-state index contributed by atoms with van der Waals surface area (Å²) in [4.78, 5) is 24.4. The van der Waals surface area contributed by atoms with Crippen LogP contribution in [-0.2, 0) is 4.79 Å². The van der Waals surface area contributed by atoms with E-state index in [1.807, 2.05) is 0 Å².